The summed E-state index contributed by atoms with van der Waals surface area (Å²) in [6.07, 6.45) is -1.27. The van der Waals surface area contributed by atoms with Crippen LogP contribution in [0.15, 0.2) is 30.7 Å². The van der Waals surface area contributed by atoms with Gasteiger partial charge in [-0.25, -0.2) is 4.98 Å². The Balaban J connectivity index is 2.55. The van der Waals surface area contributed by atoms with Gasteiger partial charge in [-0.1, -0.05) is 19.9 Å². The lowest BCUT2D eigenvalue weighted by atomic mass is 10.0. The normalized spacial score (nSPS) is 13.7. The molecule has 0 saturated carbocycles. The van der Waals surface area contributed by atoms with E-state index in [1.165, 1.54) is 12.4 Å². The SMILES string of the molecule is Cc1ccc(C(F)(F)F)cc1-n1cncc1C(N)C(C)C. The average Bonchev–Trinajstić information content (AvgIpc) is 2.85. The lowest BCUT2D eigenvalue weighted by molar-refractivity contribution is -0.137. The van der Waals surface area contributed by atoms with E-state index in [4.69, 9.17) is 5.73 Å². The summed E-state index contributed by atoms with van der Waals surface area (Å²) in [5.74, 6) is 0.159. The lowest BCUT2D eigenvalue weighted by Gasteiger charge is -2.19. The van der Waals surface area contributed by atoms with E-state index in [2.05, 4.69) is 4.98 Å². The molecule has 0 spiro atoms. The van der Waals surface area contributed by atoms with Gasteiger partial charge >= 0.3 is 6.18 Å². The van der Waals surface area contributed by atoms with Crippen LogP contribution in [-0.4, -0.2) is 9.55 Å². The van der Waals surface area contributed by atoms with Gasteiger partial charge in [0.15, 0.2) is 0 Å². The van der Waals surface area contributed by atoms with Gasteiger partial charge in [0, 0.05) is 6.04 Å². The minimum Gasteiger partial charge on any atom is -0.322 e. The maximum atomic E-state index is 12.9. The van der Waals surface area contributed by atoms with Gasteiger partial charge < -0.3 is 10.3 Å². The third kappa shape index (κ3) is 3.10. The third-order valence-corrected chi connectivity index (χ3v) is 3.52. The average molecular weight is 297 g/mol. The van der Waals surface area contributed by atoms with E-state index in [0.717, 1.165) is 17.7 Å². The molecule has 0 fully saturated rings. The first kappa shape index (κ1) is 15.6. The molecule has 114 valence electrons. The van der Waals surface area contributed by atoms with E-state index in [-0.39, 0.29) is 12.0 Å². The van der Waals surface area contributed by atoms with E-state index in [0.29, 0.717) is 11.4 Å². The van der Waals surface area contributed by atoms with Crippen LogP contribution in [0.5, 0.6) is 0 Å². The molecule has 1 aromatic carbocycles. The molecule has 0 saturated heterocycles. The van der Waals surface area contributed by atoms with E-state index in [9.17, 15) is 13.2 Å². The molecule has 21 heavy (non-hydrogen) atoms. The van der Waals surface area contributed by atoms with Gasteiger partial charge in [-0.05, 0) is 30.5 Å². The molecule has 1 atom stereocenters. The third-order valence-electron chi connectivity index (χ3n) is 3.52. The van der Waals surface area contributed by atoms with Crippen molar-refractivity contribution in [2.45, 2.75) is 33.0 Å². The number of aromatic nitrogens is 2. The molecule has 0 amide bonds. The first-order valence-electron chi connectivity index (χ1n) is 6.68. The highest BCUT2D eigenvalue weighted by atomic mass is 19.4. The Kier molecular flexibility index (Phi) is 4.09. The van der Waals surface area contributed by atoms with E-state index >= 15 is 0 Å². The van der Waals surface area contributed by atoms with Crippen molar-refractivity contribution in [3.63, 3.8) is 0 Å². The molecule has 0 aliphatic heterocycles. The van der Waals surface area contributed by atoms with Gasteiger partial charge in [-0.2, -0.15) is 13.2 Å². The van der Waals surface area contributed by atoms with Crippen LogP contribution in [0, 0.1) is 12.8 Å². The van der Waals surface area contributed by atoms with Crippen LogP contribution in [0.3, 0.4) is 0 Å². The zero-order chi connectivity index (χ0) is 15.8. The Hall–Kier alpha value is -1.82. The monoisotopic (exact) mass is 297 g/mol. The van der Waals surface area contributed by atoms with Crippen LogP contribution in [0.25, 0.3) is 5.69 Å². The number of benzene rings is 1. The number of hydrogen-bond donors (Lipinski definition) is 1. The number of nitrogens with two attached hydrogens (primary N) is 1. The van der Waals surface area contributed by atoms with Crippen molar-refractivity contribution >= 4 is 0 Å². The number of aryl methyl sites for hydroxylation is 1. The largest absolute Gasteiger partial charge is 0.416 e. The van der Waals surface area contributed by atoms with Crippen LogP contribution in [0.1, 0.15) is 36.7 Å². The van der Waals surface area contributed by atoms with Gasteiger partial charge in [-0.3, -0.25) is 0 Å². The Morgan fingerprint density at radius 3 is 2.48 bits per heavy atom. The molecule has 0 aliphatic rings. The number of hydrogen-bond acceptors (Lipinski definition) is 2. The topological polar surface area (TPSA) is 43.8 Å². The molecule has 1 aromatic heterocycles. The van der Waals surface area contributed by atoms with Crippen molar-refractivity contribution in [2.75, 3.05) is 0 Å². The number of imidazole rings is 1. The summed E-state index contributed by atoms with van der Waals surface area (Å²) in [4.78, 5) is 4.04. The van der Waals surface area contributed by atoms with Gasteiger partial charge in [0.05, 0.1) is 29.5 Å². The van der Waals surface area contributed by atoms with Crippen LogP contribution >= 0.6 is 0 Å². The minimum absolute atomic E-state index is 0.159. The van der Waals surface area contributed by atoms with Crippen molar-refractivity contribution in [2.24, 2.45) is 11.7 Å². The highest BCUT2D eigenvalue weighted by Crippen LogP contribution is 2.32. The Morgan fingerprint density at radius 1 is 1.24 bits per heavy atom. The van der Waals surface area contributed by atoms with Crippen molar-refractivity contribution in [3.05, 3.63) is 47.5 Å². The smallest absolute Gasteiger partial charge is 0.322 e. The van der Waals surface area contributed by atoms with E-state index < -0.39 is 11.7 Å². The molecule has 0 aliphatic carbocycles. The van der Waals surface area contributed by atoms with Gasteiger partial charge in [-0.15, -0.1) is 0 Å². The fourth-order valence-corrected chi connectivity index (χ4v) is 2.14. The summed E-state index contributed by atoms with van der Waals surface area (Å²) >= 11 is 0. The molecular weight excluding hydrogens is 279 g/mol. The van der Waals surface area contributed by atoms with E-state index in [1.807, 2.05) is 13.8 Å². The molecule has 3 nitrogen and oxygen atoms in total. The molecule has 0 radical (unpaired) electrons. The van der Waals surface area contributed by atoms with Crippen LogP contribution < -0.4 is 5.73 Å². The molecule has 2 rings (SSSR count). The molecule has 1 unspecified atom stereocenters. The fraction of sp³-hybridized carbons (Fsp3) is 0.400. The molecule has 0 bridgehead atoms. The molecule has 1 heterocycles. The van der Waals surface area contributed by atoms with Gasteiger partial charge in [0.1, 0.15) is 0 Å². The summed E-state index contributed by atoms with van der Waals surface area (Å²) in [7, 11) is 0. The predicted molar refractivity (Wildman–Crippen MR) is 75.1 cm³/mol. The highest BCUT2D eigenvalue weighted by molar-refractivity contribution is 5.45. The highest BCUT2D eigenvalue weighted by Gasteiger charge is 2.31. The van der Waals surface area contributed by atoms with Crippen molar-refractivity contribution in [1.29, 1.82) is 0 Å². The van der Waals surface area contributed by atoms with Crippen LogP contribution in [-0.2, 0) is 6.18 Å². The van der Waals surface area contributed by atoms with Gasteiger partial charge in [0.2, 0.25) is 0 Å². The van der Waals surface area contributed by atoms with Crippen LogP contribution in [0.2, 0.25) is 0 Å². The number of rotatable bonds is 3. The molecule has 2 N–H and O–H groups in total. The van der Waals surface area contributed by atoms with Crippen molar-refractivity contribution in [3.8, 4) is 5.69 Å². The van der Waals surface area contributed by atoms with Crippen LogP contribution in [0.4, 0.5) is 13.2 Å². The number of nitrogens with zero attached hydrogens (tertiary/aromatic N) is 2. The lowest BCUT2D eigenvalue weighted by Crippen LogP contribution is -2.20. The minimum atomic E-state index is -4.37. The maximum Gasteiger partial charge on any atom is 0.416 e. The second-order valence-electron chi connectivity index (χ2n) is 5.46. The summed E-state index contributed by atoms with van der Waals surface area (Å²) in [5.41, 5.74) is 7.32. The Bertz CT molecular complexity index is 629. The number of alkyl halides is 3. The molecule has 2 aromatic rings. The molecule has 6 heteroatoms. The Morgan fingerprint density at radius 2 is 1.90 bits per heavy atom. The Labute approximate surface area is 121 Å². The van der Waals surface area contributed by atoms with E-state index in [1.54, 1.807) is 17.7 Å². The summed E-state index contributed by atoms with van der Waals surface area (Å²) < 4.78 is 40.3. The maximum absolute atomic E-state index is 12.9. The predicted octanol–water partition coefficient (Wildman–Crippen LogP) is 3.86. The molecular formula is C15H18F3N3. The zero-order valence-electron chi connectivity index (χ0n) is 12.1. The zero-order valence-corrected chi connectivity index (χ0v) is 12.1. The quantitative estimate of drug-likeness (QED) is 0.935. The van der Waals surface area contributed by atoms with Crippen molar-refractivity contribution in [1.82, 2.24) is 9.55 Å². The second kappa shape index (κ2) is 5.52. The summed E-state index contributed by atoms with van der Waals surface area (Å²) in [6, 6.07) is 3.38. The summed E-state index contributed by atoms with van der Waals surface area (Å²) in [5, 5.41) is 0. The van der Waals surface area contributed by atoms with Crippen molar-refractivity contribution < 1.29 is 13.2 Å². The standard InChI is InChI=1S/C15H18F3N3/c1-9(2)14(19)13-7-20-8-21(13)12-6-11(15(16,17)18)5-4-10(12)3/h4-9,14H,19H2,1-3H3. The first-order chi connectivity index (χ1) is 9.71. The summed E-state index contributed by atoms with van der Waals surface area (Å²) in [6.45, 7) is 5.68. The fourth-order valence-electron chi connectivity index (χ4n) is 2.14. The second-order valence-corrected chi connectivity index (χ2v) is 5.46. The van der Waals surface area contributed by atoms with Gasteiger partial charge in [0.25, 0.3) is 0 Å². The first-order valence-corrected chi connectivity index (χ1v) is 6.68. The number of halogens is 3.